The highest BCUT2D eigenvalue weighted by molar-refractivity contribution is 7.80. The first-order chi connectivity index (χ1) is 9.15. The number of aryl methyl sites for hydroxylation is 3. The summed E-state index contributed by atoms with van der Waals surface area (Å²) in [4.78, 5) is 18.9. The normalized spacial score (nSPS) is 11.3. The van der Waals surface area contributed by atoms with Crippen LogP contribution in [-0.2, 0) is 6.54 Å². The molecule has 3 nitrogen and oxygen atoms in total. The first kappa shape index (κ1) is 14.6. The van der Waals surface area contributed by atoms with Crippen LogP contribution in [0.4, 0.5) is 0 Å². The Morgan fingerprint density at radius 3 is 2.74 bits per heavy atom. The molecule has 2 aromatic rings. The zero-order chi connectivity index (χ0) is 13.8. The molecule has 0 radical (unpaired) electrons. The molecule has 2 heterocycles. The van der Waals surface area contributed by atoms with Crippen LogP contribution in [0.5, 0.6) is 0 Å². The van der Waals surface area contributed by atoms with Crippen LogP contribution in [0, 0.1) is 13.8 Å². The maximum absolute atomic E-state index is 12.4. The smallest absolute Gasteiger partial charge is 0.262 e. The number of fused-ring (bicyclic) bond motifs is 1. The van der Waals surface area contributed by atoms with Gasteiger partial charge in [0.15, 0.2) is 0 Å². The molecule has 0 unspecified atom stereocenters. The topological polar surface area (TPSA) is 34.9 Å². The number of nitrogens with zero attached hydrogens (tertiary/aromatic N) is 2. The predicted molar refractivity (Wildman–Crippen MR) is 85.7 cm³/mol. The van der Waals surface area contributed by atoms with E-state index in [1.807, 2.05) is 13.8 Å². The van der Waals surface area contributed by atoms with Gasteiger partial charge in [-0.2, -0.15) is 12.6 Å². The number of thiophene rings is 1. The molecule has 104 valence electrons. The van der Waals surface area contributed by atoms with Crippen molar-refractivity contribution in [1.82, 2.24) is 9.55 Å². The van der Waals surface area contributed by atoms with E-state index in [1.165, 1.54) is 11.3 Å². The molecule has 0 spiro atoms. The van der Waals surface area contributed by atoms with Crippen molar-refractivity contribution >= 4 is 34.2 Å². The van der Waals surface area contributed by atoms with E-state index in [1.54, 1.807) is 22.2 Å². The number of hydrogen-bond donors (Lipinski definition) is 1. The molecule has 19 heavy (non-hydrogen) atoms. The molecule has 0 bridgehead atoms. The molecule has 0 saturated heterocycles. The van der Waals surface area contributed by atoms with Crippen LogP contribution in [0.15, 0.2) is 11.1 Å². The number of thiol groups is 1. The van der Waals surface area contributed by atoms with Crippen molar-refractivity contribution in [2.75, 3.05) is 5.75 Å². The number of aromatic nitrogens is 2. The number of rotatable bonds is 6. The molecule has 0 amide bonds. The predicted octanol–water partition coefficient (Wildman–Crippen LogP) is 3.57. The van der Waals surface area contributed by atoms with Gasteiger partial charge in [-0.1, -0.05) is 12.8 Å². The monoisotopic (exact) mass is 296 g/mol. The summed E-state index contributed by atoms with van der Waals surface area (Å²) >= 11 is 5.80. The average Bonchev–Trinajstić information content (AvgIpc) is 2.68. The second kappa shape index (κ2) is 6.57. The summed E-state index contributed by atoms with van der Waals surface area (Å²) in [6.07, 6.45) is 6.21. The van der Waals surface area contributed by atoms with Crippen molar-refractivity contribution in [2.45, 2.75) is 46.1 Å². The lowest BCUT2D eigenvalue weighted by Gasteiger charge is -2.05. The van der Waals surface area contributed by atoms with Crippen molar-refractivity contribution in [1.29, 1.82) is 0 Å². The lowest BCUT2D eigenvalue weighted by Crippen LogP contribution is -2.20. The molecule has 0 aromatic carbocycles. The second-order valence-corrected chi connectivity index (χ2v) is 6.49. The van der Waals surface area contributed by atoms with Gasteiger partial charge in [0, 0.05) is 11.4 Å². The Balaban J connectivity index is 2.14. The Hall–Kier alpha value is -0.810. The fourth-order valence-corrected chi connectivity index (χ4v) is 3.39. The molecule has 0 aliphatic carbocycles. The van der Waals surface area contributed by atoms with Crippen LogP contribution < -0.4 is 5.56 Å². The Labute approximate surface area is 123 Å². The third kappa shape index (κ3) is 3.20. The van der Waals surface area contributed by atoms with Crippen molar-refractivity contribution in [3.63, 3.8) is 0 Å². The average molecular weight is 296 g/mol. The maximum Gasteiger partial charge on any atom is 0.262 e. The van der Waals surface area contributed by atoms with Crippen LogP contribution >= 0.6 is 24.0 Å². The highest BCUT2D eigenvalue weighted by Crippen LogP contribution is 2.25. The van der Waals surface area contributed by atoms with Gasteiger partial charge in [0.1, 0.15) is 4.83 Å². The van der Waals surface area contributed by atoms with E-state index in [0.717, 1.165) is 47.3 Å². The van der Waals surface area contributed by atoms with Gasteiger partial charge in [-0.05, 0) is 38.0 Å². The van der Waals surface area contributed by atoms with E-state index < -0.39 is 0 Å². The van der Waals surface area contributed by atoms with Crippen LogP contribution in [0.1, 0.15) is 36.1 Å². The molecule has 2 rings (SSSR count). The van der Waals surface area contributed by atoms with E-state index in [9.17, 15) is 4.79 Å². The summed E-state index contributed by atoms with van der Waals surface area (Å²) < 4.78 is 1.75. The summed E-state index contributed by atoms with van der Waals surface area (Å²) in [7, 11) is 0. The van der Waals surface area contributed by atoms with Gasteiger partial charge in [-0.3, -0.25) is 9.36 Å². The summed E-state index contributed by atoms with van der Waals surface area (Å²) in [5.74, 6) is 0.945. The SMILES string of the molecule is Cc1sc2ncn(CCCCCCS)c(=O)c2c1C. The van der Waals surface area contributed by atoms with Crippen molar-refractivity contribution in [3.8, 4) is 0 Å². The lowest BCUT2D eigenvalue weighted by molar-refractivity contribution is 0.569. The standard InChI is InChI=1S/C14H20N2OS2/c1-10-11(2)19-13-12(10)14(17)16(9-15-13)7-5-3-4-6-8-18/h9,18H,3-8H2,1-2H3. The van der Waals surface area contributed by atoms with Gasteiger partial charge in [-0.25, -0.2) is 4.98 Å². The highest BCUT2D eigenvalue weighted by atomic mass is 32.1. The first-order valence-electron chi connectivity index (χ1n) is 6.71. The maximum atomic E-state index is 12.4. The number of hydrogen-bond acceptors (Lipinski definition) is 4. The Kier molecular flexibility index (Phi) is 5.05. The zero-order valence-corrected chi connectivity index (χ0v) is 13.2. The van der Waals surface area contributed by atoms with Crippen LogP contribution in [0.25, 0.3) is 10.2 Å². The Bertz CT molecular complexity index is 616. The fraction of sp³-hybridized carbons (Fsp3) is 0.571. The van der Waals surface area contributed by atoms with E-state index in [0.29, 0.717) is 0 Å². The van der Waals surface area contributed by atoms with E-state index >= 15 is 0 Å². The molecule has 2 aromatic heterocycles. The van der Waals surface area contributed by atoms with Gasteiger partial charge >= 0.3 is 0 Å². The van der Waals surface area contributed by atoms with Gasteiger partial charge in [0.05, 0.1) is 11.7 Å². The molecule has 0 atom stereocenters. The van der Waals surface area contributed by atoms with Crippen LogP contribution in [-0.4, -0.2) is 15.3 Å². The van der Waals surface area contributed by atoms with Crippen molar-refractivity contribution in [3.05, 3.63) is 27.1 Å². The molecule has 0 N–H and O–H groups in total. The summed E-state index contributed by atoms with van der Waals surface area (Å²) in [5, 5.41) is 0.806. The minimum Gasteiger partial charge on any atom is -0.299 e. The van der Waals surface area contributed by atoms with Crippen molar-refractivity contribution in [2.24, 2.45) is 0 Å². The fourth-order valence-electron chi connectivity index (χ4n) is 2.18. The number of unbranched alkanes of at least 4 members (excludes halogenated alkanes) is 3. The van der Waals surface area contributed by atoms with Gasteiger partial charge in [0.25, 0.3) is 5.56 Å². The van der Waals surface area contributed by atoms with Gasteiger partial charge in [0.2, 0.25) is 0 Å². The van der Waals surface area contributed by atoms with Crippen LogP contribution in [0.2, 0.25) is 0 Å². The molecular formula is C14H20N2OS2. The molecule has 0 fully saturated rings. The largest absolute Gasteiger partial charge is 0.299 e. The van der Waals surface area contributed by atoms with E-state index in [4.69, 9.17) is 0 Å². The molecular weight excluding hydrogens is 276 g/mol. The summed E-state index contributed by atoms with van der Waals surface area (Å²) in [6.45, 7) is 4.82. The van der Waals surface area contributed by atoms with E-state index in [2.05, 4.69) is 17.6 Å². The minimum absolute atomic E-state index is 0.112. The minimum atomic E-state index is 0.112. The third-order valence-corrected chi connectivity index (χ3v) is 4.89. The Morgan fingerprint density at radius 2 is 2.00 bits per heavy atom. The first-order valence-corrected chi connectivity index (χ1v) is 8.16. The molecule has 5 heteroatoms. The van der Waals surface area contributed by atoms with Gasteiger partial charge < -0.3 is 0 Å². The highest BCUT2D eigenvalue weighted by Gasteiger charge is 2.11. The van der Waals surface area contributed by atoms with Crippen molar-refractivity contribution < 1.29 is 0 Å². The van der Waals surface area contributed by atoms with Crippen LogP contribution in [0.3, 0.4) is 0 Å². The summed E-state index contributed by atoms with van der Waals surface area (Å²) in [6, 6.07) is 0. The van der Waals surface area contributed by atoms with E-state index in [-0.39, 0.29) is 5.56 Å². The van der Waals surface area contributed by atoms with Gasteiger partial charge in [-0.15, -0.1) is 11.3 Å². The zero-order valence-electron chi connectivity index (χ0n) is 11.5. The molecule has 0 aliphatic heterocycles. The summed E-state index contributed by atoms with van der Waals surface area (Å²) in [5.41, 5.74) is 1.20. The third-order valence-electron chi connectivity index (χ3n) is 3.46. The second-order valence-electron chi connectivity index (χ2n) is 4.84. The Morgan fingerprint density at radius 1 is 1.26 bits per heavy atom. The molecule has 0 saturated carbocycles. The lowest BCUT2D eigenvalue weighted by atomic mass is 10.2. The molecule has 0 aliphatic rings. The quantitative estimate of drug-likeness (QED) is 0.653.